The van der Waals surface area contributed by atoms with Crippen LogP contribution in [-0.2, 0) is 0 Å². The van der Waals surface area contributed by atoms with E-state index in [1.54, 1.807) is 11.8 Å². The van der Waals surface area contributed by atoms with Crippen molar-refractivity contribution in [3.05, 3.63) is 65.8 Å². The fraction of sp³-hybridized carbons (Fsp3) is 0.235. The van der Waals surface area contributed by atoms with Crippen molar-refractivity contribution >= 4 is 23.1 Å². The summed E-state index contributed by atoms with van der Waals surface area (Å²) in [5.41, 5.74) is 3.59. The summed E-state index contributed by atoms with van der Waals surface area (Å²) >= 11 is 1.75. The molecule has 0 aliphatic carbocycles. The second-order valence-electron chi connectivity index (χ2n) is 5.06. The van der Waals surface area contributed by atoms with Crippen molar-refractivity contribution in [2.45, 2.75) is 5.50 Å². The largest absolute Gasteiger partial charge is 0.395 e. The Labute approximate surface area is 135 Å². The average molecular weight is 313 g/mol. The Balaban J connectivity index is 1.83. The number of aliphatic hydroxyl groups excluding tert-OH is 1. The molecule has 22 heavy (non-hydrogen) atoms. The van der Waals surface area contributed by atoms with Crippen molar-refractivity contribution in [1.82, 2.24) is 9.88 Å². The zero-order valence-electron chi connectivity index (χ0n) is 12.5. The predicted molar refractivity (Wildman–Crippen MR) is 92.2 cm³/mol. The molecule has 0 saturated carbocycles. The van der Waals surface area contributed by atoms with Gasteiger partial charge in [0.1, 0.15) is 0 Å². The molecule has 1 unspecified atom stereocenters. The van der Waals surface area contributed by atoms with Crippen molar-refractivity contribution in [2.75, 3.05) is 25.1 Å². The van der Waals surface area contributed by atoms with E-state index >= 15 is 0 Å². The van der Waals surface area contributed by atoms with E-state index in [9.17, 15) is 5.11 Å². The van der Waals surface area contributed by atoms with Gasteiger partial charge in [-0.15, -0.1) is 0 Å². The second kappa shape index (κ2) is 6.85. The molecule has 2 aromatic rings. The van der Waals surface area contributed by atoms with Gasteiger partial charge in [0.05, 0.1) is 12.3 Å². The molecule has 0 radical (unpaired) electrons. The molecule has 0 bridgehead atoms. The summed E-state index contributed by atoms with van der Waals surface area (Å²) in [6, 6.07) is 14.2. The first kappa shape index (κ1) is 14.9. The van der Waals surface area contributed by atoms with Gasteiger partial charge in [0.2, 0.25) is 0 Å². The number of para-hydroxylation sites is 1. The van der Waals surface area contributed by atoms with Crippen LogP contribution in [0.25, 0.3) is 5.70 Å². The molecule has 1 atom stereocenters. The van der Waals surface area contributed by atoms with E-state index in [1.165, 1.54) is 5.70 Å². The van der Waals surface area contributed by atoms with Crippen molar-refractivity contribution in [3.8, 4) is 0 Å². The number of rotatable bonds is 5. The quantitative estimate of drug-likeness (QED) is 0.919. The van der Waals surface area contributed by atoms with Gasteiger partial charge in [0.15, 0.2) is 5.50 Å². The van der Waals surface area contributed by atoms with Crippen LogP contribution in [0.4, 0.5) is 5.69 Å². The first-order valence-corrected chi connectivity index (χ1v) is 8.17. The highest BCUT2D eigenvalue weighted by atomic mass is 32.2. The Morgan fingerprint density at radius 3 is 2.59 bits per heavy atom. The summed E-state index contributed by atoms with van der Waals surface area (Å²) in [4.78, 5) is 8.53. The highest BCUT2D eigenvalue weighted by Crippen LogP contribution is 2.38. The topological polar surface area (TPSA) is 39.6 Å². The summed E-state index contributed by atoms with van der Waals surface area (Å²) in [7, 11) is 2.09. The Hall–Kier alpha value is -1.98. The third kappa shape index (κ3) is 2.96. The minimum absolute atomic E-state index is 0.129. The minimum Gasteiger partial charge on any atom is -0.395 e. The lowest BCUT2D eigenvalue weighted by Gasteiger charge is -2.36. The van der Waals surface area contributed by atoms with Crippen molar-refractivity contribution in [3.63, 3.8) is 0 Å². The van der Waals surface area contributed by atoms with E-state index in [0.717, 1.165) is 11.3 Å². The van der Waals surface area contributed by atoms with Crippen LogP contribution in [0.15, 0.2) is 60.3 Å². The highest BCUT2D eigenvalue weighted by Gasteiger charge is 2.29. The number of hydrogen-bond donors (Lipinski definition) is 1. The maximum Gasteiger partial charge on any atom is 0.154 e. The molecule has 1 aliphatic heterocycles. The molecule has 0 amide bonds. The SMILES string of the molecule is CN1C(c2ccncc2)=CSC1N(CCO)c1ccccc1. The molecule has 0 spiro atoms. The molecule has 0 fully saturated rings. The van der Waals surface area contributed by atoms with E-state index in [-0.39, 0.29) is 12.1 Å². The fourth-order valence-electron chi connectivity index (χ4n) is 2.59. The highest BCUT2D eigenvalue weighted by molar-refractivity contribution is 8.03. The number of hydrogen-bond acceptors (Lipinski definition) is 5. The van der Waals surface area contributed by atoms with Gasteiger partial charge < -0.3 is 14.9 Å². The van der Waals surface area contributed by atoms with Gasteiger partial charge in [0, 0.05) is 37.2 Å². The van der Waals surface area contributed by atoms with Crippen LogP contribution in [0.2, 0.25) is 0 Å². The number of aromatic nitrogens is 1. The zero-order chi connectivity index (χ0) is 15.4. The third-order valence-electron chi connectivity index (χ3n) is 3.68. The van der Waals surface area contributed by atoms with Crippen LogP contribution in [0, 0.1) is 0 Å². The van der Waals surface area contributed by atoms with Gasteiger partial charge in [-0.3, -0.25) is 4.98 Å². The molecule has 1 N–H and O–H groups in total. The lowest BCUT2D eigenvalue weighted by Crippen LogP contribution is -2.43. The number of anilines is 1. The molecule has 1 aliphatic rings. The van der Waals surface area contributed by atoms with Crippen LogP contribution >= 0.6 is 11.8 Å². The number of benzene rings is 1. The van der Waals surface area contributed by atoms with E-state index in [2.05, 4.69) is 39.4 Å². The minimum atomic E-state index is 0.129. The molecule has 1 aromatic heterocycles. The first-order valence-electron chi connectivity index (χ1n) is 7.22. The Morgan fingerprint density at radius 1 is 1.18 bits per heavy atom. The lowest BCUT2D eigenvalue weighted by atomic mass is 10.2. The number of aliphatic hydroxyl groups is 1. The van der Waals surface area contributed by atoms with Crippen LogP contribution in [0.3, 0.4) is 0 Å². The molecule has 4 nitrogen and oxygen atoms in total. The lowest BCUT2D eigenvalue weighted by molar-refractivity contribution is 0.292. The van der Waals surface area contributed by atoms with Gasteiger partial charge in [0.25, 0.3) is 0 Å². The fourth-order valence-corrected chi connectivity index (χ4v) is 3.81. The number of nitrogens with zero attached hydrogens (tertiary/aromatic N) is 3. The van der Waals surface area contributed by atoms with Crippen LogP contribution < -0.4 is 4.90 Å². The smallest absolute Gasteiger partial charge is 0.154 e. The molecule has 2 heterocycles. The average Bonchev–Trinajstić information content (AvgIpc) is 2.96. The van der Waals surface area contributed by atoms with E-state index in [0.29, 0.717) is 6.54 Å². The van der Waals surface area contributed by atoms with Crippen molar-refractivity contribution in [2.24, 2.45) is 0 Å². The molecule has 0 saturated heterocycles. The summed E-state index contributed by atoms with van der Waals surface area (Å²) in [5.74, 6) is 0. The second-order valence-corrected chi connectivity index (χ2v) is 5.99. The molecule has 3 rings (SSSR count). The van der Waals surface area contributed by atoms with Crippen LogP contribution in [-0.4, -0.2) is 40.7 Å². The zero-order valence-corrected chi connectivity index (χ0v) is 13.3. The summed E-state index contributed by atoms with van der Waals surface area (Å²) in [6.07, 6.45) is 3.62. The normalized spacial score (nSPS) is 17.5. The monoisotopic (exact) mass is 313 g/mol. The third-order valence-corrected chi connectivity index (χ3v) is 4.86. The predicted octanol–water partition coefficient (Wildman–Crippen LogP) is 2.84. The molecule has 5 heteroatoms. The molecular weight excluding hydrogens is 294 g/mol. The van der Waals surface area contributed by atoms with Gasteiger partial charge in [-0.25, -0.2) is 0 Å². The van der Waals surface area contributed by atoms with Gasteiger partial charge in [-0.05, 0) is 29.7 Å². The van der Waals surface area contributed by atoms with E-state index < -0.39 is 0 Å². The standard InChI is InChI=1S/C17H19N3OS/c1-19-16(14-7-9-18-10-8-14)13-22-17(19)20(11-12-21)15-5-3-2-4-6-15/h2-10,13,17,21H,11-12H2,1H3. The molecule has 1 aromatic carbocycles. The summed E-state index contributed by atoms with van der Waals surface area (Å²) in [6.45, 7) is 0.730. The van der Waals surface area contributed by atoms with Gasteiger partial charge >= 0.3 is 0 Å². The van der Waals surface area contributed by atoms with Gasteiger partial charge in [-0.1, -0.05) is 30.0 Å². The Kier molecular flexibility index (Phi) is 4.65. The summed E-state index contributed by atoms with van der Waals surface area (Å²) < 4.78 is 0. The molecular formula is C17H19N3OS. The van der Waals surface area contributed by atoms with Crippen LogP contribution in [0.1, 0.15) is 5.56 Å². The van der Waals surface area contributed by atoms with E-state index in [4.69, 9.17) is 0 Å². The van der Waals surface area contributed by atoms with Crippen LogP contribution in [0.5, 0.6) is 0 Å². The van der Waals surface area contributed by atoms with Crippen molar-refractivity contribution in [1.29, 1.82) is 0 Å². The number of thioether (sulfide) groups is 1. The van der Waals surface area contributed by atoms with Gasteiger partial charge in [-0.2, -0.15) is 0 Å². The Morgan fingerprint density at radius 2 is 1.91 bits per heavy atom. The van der Waals surface area contributed by atoms with Crippen molar-refractivity contribution < 1.29 is 5.11 Å². The first-order chi connectivity index (χ1) is 10.8. The molecule has 114 valence electrons. The van der Waals surface area contributed by atoms with E-state index in [1.807, 2.05) is 42.7 Å². The number of pyridine rings is 1. The maximum atomic E-state index is 9.43. The summed E-state index contributed by atoms with van der Waals surface area (Å²) in [5, 5.41) is 11.6. The Bertz CT molecular complexity index is 633. The maximum absolute atomic E-state index is 9.43.